The molecule has 0 spiro atoms. The van der Waals surface area contributed by atoms with Crippen molar-refractivity contribution in [3.8, 4) is 0 Å². The molecule has 21 heavy (non-hydrogen) atoms. The van der Waals surface area contributed by atoms with Gasteiger partial charge >= 0.3 is 12.0 Å². The third-order valence-electron chi connectivity index (χ3n) is 3.99. The van der Waals surface area contributed by atoms with E-state index >= 15 is 0 Å². The molecular weight excluding hydrogens is 278 g/mol. The molecule has 8 heteroatoms. The predicted molar refractivity (Wildman–Crippen MR) is 71.3 cm³/mol. The molecule has 4 amide bonds. The Morgan fingerprint density at radius 3 is 2.29 bits per heavy atom. The van der Waals surface area contributed by atoms with Gasteiger partial charge in [0.1, 0.15) is 17.6 Å². The Labute approximate surface area is 121 Å². The number of imide groups is 1. The predicted octanol–water partition coefficient (Wildman–Crippen LogP) is -0.170. The first-order chi connectivity index (χ1) is 9.68. The first kappa shape index (κ1) is 15.3. The van der Waals surface area contributed by atoms with Crippen LogP contribution in [0.2, 0.25) is 0 Å². The minimum atomic E-state index is -1.27. The number of carboxylic acid groups (broad SMARTS) is 1. The SMILES string of the molecule is CC1(C)NC(=O)N(CC(=O)NC2(C(=O)O)CCCC2)C1=O. The first-order valence-electron chi connectivity index (χ1n) is 6.86. The maximum atomic E-state index is 12.0. The summed E-state index contributed by atoms with van der Waals surface area (Å²) in [7, 11) is 0. The average molecular weight is 297 g/mol. The lowest BCUT2D eigenvalue weighted by atomic mass is 9.98. The number of carboxylic acids is 1. The second-order valence-corrected chi connectivity index (χ2v) is 6.09. The molecule has 2 fully saturated rings. The van der Waals surface area contributed by atoms with Gasteiger partial charge in [0.2, 0.25) is 5.91 Å². The second kappa shape index (κ2) is 5.01. The molecule has 0 unspecified atom stereocenters. The Hall–Kier alpha value is -2.12. The Bertz CT molecular complexity index is 508. The molecule has 0 aromatic rings. The fourth-order valence-corrected chi connectivity index (χ4v) is 2.78. The summed E-state index contributed by atoms with van der Waals surface area (Å²) < 4.78 is 0. The normalized spacial score (nSPS) is 23.0. The van der Waals surface area contributed by atoms with Gasteiger partial charge in [0.15, 0.2) is 0 Å². The van der Waals surface area contributed by atoms with E-state index in [1.165, 1.54) is 0 Å². The number of carbonyl (C=O) groups excluding carboxylic acids is 3. The molecule has 2 rings (SSSR count). The highest BCUT2D eigenvalue weighted by atomic mass is 16.4. The highest BCUT2D eigenvalue weighted by Gasteiger charge is 2.47. The van der Waals surface area contributed by atoms with Gasteiger partial charge in [-0.1, -0.05) is 12.8 Å². The lowest BCUT2D eigenvalue weighted by molar-refractivity contribution is -0.147. The topological polar surface area (TPSA) is 116 Å². The first-order valence-corrected chi connectivity index (χ1v) is 6.86. The van der Waals surface area contributed by atoms with Crippen molar-refractivity contribution in [3.05, 3.63) is 0 Å². The van der Waals surface area contributed by atoms with Crippen LogP contribution in [-0.4, -0.2) is 51.4 Å². The summed E-state index contributed by atoms with van der Waals surface area (Å²) in [5.41, 5.74) is -2.32. The molecular formula is C13H19N3O5. The maximum absolute atomic E-state index is 12.0. The van der Waals surface area contributed by atoms with E-state index in [0.29, 0.717) is 12.8 Å². The Balaban J connectivity index is 2.04. The summed E-state index contributed by atoms with van der Waals surface area (Å²) in [6.45, 7) is 2.62. The molecule has 8 nitrogen and oxygen atoms in total. The quantitative estimate of drug-likeness (QED) is 0.623. The Morgan fingerprint density at radius 2 is 1.86 bits per heavy atom. The lowest BCUT2D eigenvalue weighted by Crippen LogP contribution is -2.55. The van der Waals surface area contributed by atoms with Crippen LogP contribution in [0.3, 0.4) is 0 Å². The molecule has 0 atom stereocenters. The summed E-state index contributed by atoms with van der Waals surface area (Å²) in [4.78, 5) is 47.8. The molecule has 1 aliphatic carbocycles. The zero-order valence-corrected chi connectivity index (χ0v) is 12.1. The molecule has 116 valence electrons. The van der Waals surface area contributed by atoms with Crippen molar-refractivity contribution < 1.29 is 24.3 Å². The molecule has 2 aliphatic rings. The van der Waals surface area contributed by atoms with Crippen LogP contribution in [0.4, 0.5) is 4.79 Å². The highest BCUT2D eigenvalue weighted by molar-refractivity contribution is 6.08. The van der Waals surface area contributed by atoms with Crippen molar-refractivity contribution in [2.75, 3.05) is 6.54 Å². The van der Waals surface area contributed by atoms with Crippen LogP contribution < -0.4 is 10.6 Å². The summed E-state index contributed by atoms with van der Waals surface area (Å²) in [5.74, 6) is -2.22. The number of urea groups is 1. The van der Waals surface area contributed by atoms with Crippen molar-refractivity contribution in [2.24, 2.45) is 0 Å². The van der Waals surface area contributed by atoms with Gasteiger partial charge in [-0.25, -0.2) is 9.59 Å². The van der Waals surface area contributed by atoms with Crippen molar-refractivity contribution in [1.82, 2.24) is 15.5 Å². The number of amides is 4. The smallest absolute Gasteiger partial charge is 0.329 e. The van der Waals surface area contributed by atoms with Crippen LogP contribution in [0.15, 0.2) is 0 Å². The van der Waals surface area contributed by atoms with Gasteiger partial charge in [0.05, 0.1) is 0 Å². The van der Waals surface area contributed by atoms with E-state index in [1.807, 2.05) is 0 Å². The van der Waals surface area contributed by atoms with E-state index in [9.17, 15) is 24.3 Å². The average Bonchev–Trinajstić information content (AvgIpc) is 2.90. The molecule has 1 aliphatic heterocycles. The zero-order valence-electron chi connectivity index (χ0n) is 12.1. The van der Waals surface area contributed by atoms with Crippen molar-refractivity contribution >= 4 is 23.8 Å². The van der Waals surface area contributed by atoms with Crippen molar-refractivity contribution in [3.63, 3.8) is 0 Å². The largest absolute Gasteiger partial charge is 0.480 e. The number of nitrogens with zero attached hydrogens (tertiary/aromatic N) is 1. The van der Waals surface area contributed by atoms with Gasteiger partial charge in [-0.15, -0.1) is 0 Å². The van der Waals surface area contributed by atoms with Gasteiger partial charge in [-0.05, 0) is 26.7 Å². The number of hydrogen-bond donors (Lipinski definition) is 3. The van der Waals surface area contributed by atoms with Gasteiger partial charge in [-0.2, -0.15) is 0 Å². The van der Waals surface area contributed by atoms with Crippen LogP contribution in [0.1, 0.15) is 39.5 Å². The molecule has 0 bridgehead atoms. The zero-order chi connectivity index (χ0) is 15.8. The molecule has 1 saturated heterocycles. The van der Waals surface area contributed by atoms with Crippen LogP contribution in [-0.2, 0) is 14.4 Å². The van der Waals surface area contributed by atoms with Gasteiger partial charge in [-0.3, -0.25) is 14.5 Å². The molecule has 1 saturated carbocycles. The number of aliphatic carboxylic acids is 1. The highest BCUT2D eigenvalue weighted by Crippen LogP contribution is 2.30. The summed E-state index contributed by atoms with van der Waals surface area (Å²) in [6.07, 6.45) is 2.17. The second-order valence-electron chi connectivity index (χ2n) is 6.09. The number of carbonyl (C=O) groups is 4. The third-order valence-corrected chi connectivity index (χ3v) is 3.99. The van der Waals surface area contributed by atoms with E-state index in [1.54, 1.807) is 13.8 Å². The van der Waals surface area contributed by atoms with E-state index in [-0.39, 0.29) is 0 Å². The molecule has 3 N–H and O–H groups in total. The Morgan fingerprint density at radius 1 is 1.29 bits per heavy atom. The lowest BCUT2D eigenvalue weighted by Gasteiger charge is -2.26. The van der Waals surface area contributed by atoms with Crippen molar-refractivity contribution in [2.45, 2.75) is 50.6 Å². The standard InChI is InChI=1S/C13H19N3O5/c1-12(2)9(18)16(11(21)15-12)7-8(17)14-13(10(19)20)5-3-4-6-13/h3-7H2,1-2H3,(H,14,17)(H,15,21)(H,19,20). The van der Waals surface area contributed by atoms with Crippen LogP contribution in [0.25, 0.3) is 0 Å². The fraction of sp³-hybridized carbons (Fsp3) is 0.692. The maximum Gasteiger partial charge on any atom is 0.329 e. The van der Waals surface area contributed by atoms with Crippen LogP contribution in [0.5, 0.6) is 0 Å². The van der Waals surface area contributed by atoms with Gasteiger partial charge in [0.25, 0.3) is 5.91 Å². The summed E-state index contributed by atoms with van der Waals surface area (Å²) >= 11 is 0. The van der Waals surface area contributed by atoms with E-state index in [2.05, 4.69) is 10.6 Å². The van der Waals surface area contributed by atoms with Crippen molar-refractivity contribution in [1.29, 1.82) is 0 Å². The van der Waals surface area contributed by atoms with E-state index in [0.717, 1.165) is 17.7 Å². The molecule has 0 radical (unpaired) electrons. The van der Waals surface area contributed by atoms with E-state index < -0.39 is 41.4 Å². The van der Waals surface area contributed by atoms with Crippen LogP contribution in [0, 0.1) is 0 Å². The minimum absolute atomic E-state index is 0.361. The molecule has 1 heterocycles. The Kier molecular flexibility index (Phi) is 3.65. The van der Waals surface area contributed by atoms with Gasteiger partial charge in [0, 0.05) is 0 Å². The third kappa shape index (κ3) is 2.70. The number of hydrogen-bond acceptors (Lipinski definition) is 4. The number of nitrogens with one attached hydrogen (secondary N) is 2. The van der Waals surface area contributed by atoms with Gasteiger partial charge < -0.3 is 15.7 Å². The summed E-state index contributed by atoms with van der Waals surface area (Å²) in [6, 6.07) is -0.643. The molecule has 0 aromatic heterocycles. The minimum Gasteiger partial charge on any atom is -0.480 e. The van der Waals surface area contributed by atoms with Crippen LogP contribution >= 0.6 is 0 Å². The summed E-state index contributed by atoms with van der Waals surface area (Å²) in [5, 5.41) is 14.2. The van der Waals surface area contributed by atoms with E-state index in [4.69, 9.17) is 0 Å². The molecule has 0 aromatic carbocycles. The number of rotatable bonds is 4. The monoisotopic (exact) mass is 297 g/mol. The fourth-order valence-electron chi connectivity index (χ4n) is 2.78.